The molecule has 2 aromatic rings. The average Bonchev–Trinajstić information content (AvgIpc) is 2.61. The van der Waals surface area contributed by atoms with Crippen molar-refractivity contribution in [2.45, 2.75) is 13.3 Å². The van der Waals surface area contributed by atoms with Gasteiger partial charge in [-0.05, 0) is 44.6 Å². The van der Waals surface area contributed by atoms with E-state index in [9.17, 15) is 0 Å². The van der Waals surface area contributed by atoms with Crippen molar-refractivity contribution < 1.29 is 2.74 Å². The Morgan fingerprint density at radius 2 is 2.36 bits per heavy atom. The molecule has 2 N–H and O–H groups in total. The molecule has 0 radical (unpaired) electrons. The molecule has 0 amide bonds. The Bertz CT molecular complexity index is 503. The molecule has 14 heavy (non-hydrogen) atoms. The molecule has 74 valence electrons. The SMILES string of the molecule is [2H]C([2H])(Cc1c[nH]c2ccc(C)cc12)NC. The summed E-state index contributed by atoms with van der Waals surface area (Å²) in [4.78, 5) is 3.17. The van der Waals surface area contributed by atoms with Crippen molar-refractivity contribution >= 4 is 10.9 Å². The molecule has 2 nitrogen and oxygen atoms in total. The molecule has 0 aliphatic rings. The van der Waals surface area contributed by atoms with E-state index in [1.54, 1.807) is 7.05 Å². The maximum atomic E-state index is 7.72. The van der Waals surface area contributed by atoms with Crippen LogP contribution in [0.4, 0.5) is 0 Å². The second kappa shape index (κ2) is 3.84. The zero-order valence-electron chi connectivity index (χ0n) is 10.5. The fourth-order valence-corrected chi connectivity index (χ4v) is 1.62. The summed E-state index contributed by atoms with van der Waals surface area (Å²) in [6.45, 7) is 0.682. The highest BCUT2D eigenvalue weighted by molar-refractivity contribution is 5.83. The van der Waals surface area contributed by atoms with E-state index >= 15 is 0 Å². The molecule has 0 aliphatic carbocycles. The second-order valence-corrected chi connectivity index (χ2v) is 3.47. The van der Waals surface area contributed by atoms with Gasteiger partial charge in [0.15, 0.2) is 0 Å². The van der Waals surface area contributed by atoms with Crippen LogP contribution < -0.4 is 5.32 Å². The van der Waals surface area contributed by atoms with Crippen molar-refractivity contribution in [3.05, 3.63) is 35.5 Å². The lowest BCUT2D eigenvalue weighted by molar-refractivity contribution is 0.795. The number of nitrogens with one attached hydrogen (secondary N) is 2. The number of rotatable bonds is 3. The minimum absolute atomic E-state index is 0.368. The summed E-state index contributed by atoms with van der Waals surface area (Å²) in [6.07, 6.45) is 2.26. The molecule has 1 heterocycles. The maximum absolute atomic E-state index is 7.72. The molecule has 1 aromatic heterocycles. The Morgan fingerprint density at radius 3 is 3.14 bits per heavy atom. The Kier molecular flexibility index (Phi) is 1.94. The van der Waals surface area contributed by atoms with Gasteiger partial charge >= 0.3 is 0 Å². The van der Waals surface area contributed by atoms with Crippen molar-refractivity contribution in [3.63, 3.8) is 0 Å². The van der Waals surface area contributed by atoms with Crippen LogP contribution in [-0.2, 0) is 6.42 Å². The summed E-state index contributed by atoms with van der Waals surface area (Å²) < 4.78 is 15.4. The topological polar surface area (TPSA) is 27.8 Å². The van der Waals surface area contributed by atoms with Gasteiger partial charge in [-0.15, -0.1) is 0 Å². The van der Waals surface area contributed by atoms with Gasteiger partial charge in [0.05, 0.1) is 0 Å². The Balaban J connectivity index is 2.41. The van der Waals surface area contributed by atoms with Crippen LogP contribution in [0.15, 0.2) is 24.4 Å². The van der Waals surface area contributed by atoms with E-state index in [1.165, 1.54) is 5.56 Å². The van der Waals surface area contributed by atoms with Crippen molar-refractivity contribution in [2.24, 2.45) is 0 Å². The number of H-pyrrole nitrogens is 1. The quantitative estimate of drug-likeness (QED) is 0.763. The fraction of sp³-hybridized carbons (Fsp3) is 0.333. The summed E-state index contributed by atoms with van der Waals surface area (Å²) in [5.74, 6) is 0. The van der Waals surface area contributed by atoms with Gasteiger partial charge in [0.25, 0.3) is 0 Å². The minimum Gasteiger partial charge on any atom is -0.361 e. The van der Waals surface area contributed by atoms with E-state index in [0.717, 1.165) is 16.5 Å². The summed E-state index contributed by atoms with van der Waals surface area (Å²) in [5.41, 5.74) is 3.27. The number of hydrogen-bond acceptors (Lipinski definition) is 1. The monoisotopic (exact) mass is 190 g/mol. The lowest BCUT2D eigenvalue weighted by Gasteiger charge is -1.99. The molecular formula is C12H16N2. The molecular weight excluding hydrogens is 172 g/mol. The van der Waals surface area contributed by atoms with Gasteiger partial charge < -0.3 is 10.3 Å². The lowest BCUT2D eigenvalue weighted by atomic mass is 10.1. The van der Waals surface area contributed by atoms with Gasteiger partial charge in [-0.3, -0.25) is 0 Å². The Labute approximate surface area is 87.1 Å². The number of aryl methyl sites for hydroxylation is 2. The molecule has 0 atom stereocenters. The number of fused-ring (bicyclic) bond motifs is 1. The number of benzene rings is 1. The van der Waals surface area contributed by atoms with Crippen LogP contribution in [0.25, 0.3) is 10.9 Å². The highest BCUT2D eigenvalue weighted by Crippen LogP contribution is 2.19. The Morgan fingerprint density at radius 1 is 1.50 bits per heavy atom. The number of hydrogen-bond donors (Lipinski definition) is 2. The molecule has 0 bridgehead atoms. The summed E-state index contributed by atoms with van der Waals surface area (Å²) >= 11 is 0. The fourth-order valence-electron chi connectivity index (χ4n) is 1.62. The van der Waals surface area contributed by atoms with Crippen molar-refractivity contribution in [1.29, 1.82) is 0 Å². The van der Waals surface area contributed by atoms with E-state index in [0.29, 0.717) is 6.42 Å². The molecule has 0 spiro atoms. The maximum Gasteiger partial charge on any atom is 0.0456 e. The molecule has 2 heteroatoms. The van der Waals surface area contributed by atoms with E-state index in [-0.39, 0.29) is 0 Å². The van der Waals surface area contributed by atoms with Crippen molar-refractivity contribution in [3.8, 4) is 0 Å². The largest absolute Gasteiger partial charge is 0.361 e. The van der Waals surface area contributed by atoms with Gasteiger partial charge in [-0.2, -0.15) is 0 Å². The molecule has 0 saturated heterocycles. The predicted molar refractivity (Wildman–Crippen MR) is 60.7 cm³/mol. The van der Waals surface area contributed by atoms with E-state index in [4.69, 9.17) is 2.74 Å². The molecule has 2 rings (SSSR count). The summed E-state index contributed by atoms with van der Waals surface area (Å²) in [7, 11) is 1.64. The molecule has 1 aromatic carbocycles. The first-order valence-electron chi connectivity index (χ1n) is 5.77. The van der Waals surface area contributed by atoms with Gasteiger partial charge in [-0.25, -0.2) is 0 Å². The smallest absolute Gasteiger partial charge is 0.0456 e. The zero-order chi connectivity index (χ0) is 11.8. The van der Waals surface area contributed by atoms with Gasteiger partial charge in [0.1, 0.15) is 0 Å². The minimum atomic E-state index is -1.36. The predicted octanol–water partition coefficient (Wildman–Crippen LogP) is 2.24. The number of aromatic nitrogens is 1. The molecule has 0 fully saturated rings. The number of likely N-dealkylation sites (N-methyl/N-ethyl adjacent to an activating group) is 1. The van der Waals surface area contributed by atoms with Crippen LogP contribution in [0.3, 0.4) is 0 Å². The third kappa shape index (κ3) is 1.66. The standard InChI is InChI=1S/C12H16N2/c1-9-3-4-12-11(7-9)10(8-14-12)5-6-13-2/h3-4,7-8,13-14H,5-6H2,1-2H3/i6D2. The van der Waals surface area contributed by atoms with Gasteiger partial charge in [0, 0.05) is 19.8 Å². The zero-order valence-corrected chi connectivity index (χ0v) is 8.52. The first-order chi connectivity index (χ1) is 7.52. The third-order valence-corrected chi connectivity index (χ3v) is 2.38. The van der Waals surface area contributed by atoms with Crippen LogP contribution in [0, 0.1) is 6.92 Å². The first-order valence-corrected chi connectivity index (χ1v) is 4.77. The van der Waals surface area contributed by atoms with E-state index < -0.39 is 6.50 Å². The van der Waals surface area contributed by atoms with Crippen molar-refractivity contribution in [1.82, 2.24) is 10.3 Å². The van der Waals surface area contributed by atoms with E-state index in [1.807, 2.05) is 19.2 Å². The van der Waals surface area contributed by atoms with Crippen LogP contribution in [0.5, 0.6) is 0 Å². The van der Waals surface area contributed by atoms with Crippen LogP contribution >= 0.6 is 0 Å². The second-order valence-electron chi connectivity index (χ2n) is 3.47. The first kappa shape index (κ1) is 7.07. The summed E-state index contributed by atoms with van der Waals surface area (Å²) in [5, 5.41) is 3.79. The lowest BCUT2D eigenvalue weighted by Crippen LogP contribution is -2.09. The molecule has 0 unspecified atom stereocenters. The molecule has 0 aliphatic heterocycles. The normalized spacial score (nSPS) is 14.1. The highest BCUT2D eigenvalue weighted by Gasteiger charge is 2.02. The van der Waals surface area contributed by atoms with Gasteiger partial charge in [0.2, 0.25) is 0 Å². The average molecular weight is 190 g/mol. The summed E-state index contributed by atoms with van der Waals surface area (Å²) in [6, 6.07) is 6.17. The molecule has 0 saturated carbocycles. The third-order valence-electron chi connectivity index (χ3n) is 2.38. The number of aromatic amines is 1. The Hall–Kier alpha value is -1.28. The van der Waals surface area contributed by atoms with Crippen LogP contribution in [-0.4, -0.2) is 18.5 Å². The van der Waals surface area contributed by atoms with Gasteiger partial charge in [-0.1, -0.05) is 11.6 Å². The highest BCUT2D eigenvalue weighted by atomic mass is 14.8. The van der Waals surface area contributed by atoms with Crippen LogP contribution in [0.2, 0.25) is 0 Å². The van der Waals surface area contributed by atoms with E-state index in [2.05, 4.69) is 22.4 Å². The van der Waals surface area contributed by atoms with Crippen molar-refractivity contribution in [2.75, 3.05) is 13.5 Å². The van der Waals surface area contributed by atoms with Crippen LogP contribution in [0.1, 0.15) is 13.9 Å².